The molecule has 0 aliphatic heterocycles. The molecule has 0 spiro atoms. The first kappa shape index (κ1) is 16.1. The maximum absolute atomic E-state index is 12.3. The summed E-state index contributed by atoms with van der Waals surface area (Å²) in [6, 6.07) is 2.15. The van der Waals surface area contributed by atoms with Crippen molar-refractivity contribution in [2.24, 2.45) is 0 Å². The van der Waals surface area contributed by atoms with Crippen LogP contribution in [0.25, 0.3) is 0 Å². The molecule has 8 heteroatoms. The summed E-state index contributed by atoms with van der Waals surface area (Å²) in [6.45, 7) is 1.90. The zero-order valence-corrected chi connectivity index (χ0v) is 12.6. The van der Waals surface area contributed by atoms with Crippen molar-refractivity contribution in [2.45, 2.75) is 24.5 Å². The highest BCUT2D eigenvalue weighted by molar-refractivity contribution is 7.98. The molecule has 0 radical (unpaired) electrons. The van der Waals surface area contributed by atoms with Gasteiger partial charge in [-0.3, -0.25) is 0 Å². The van der Waals surface area contributed by atoms with E-state index in [0.717, 1.165) is 6.07 Å². The molecule has 0 aliphatic rings. The lowest BCUT2D eigenvalue weighted by molar-refractivity contribution is 0.0656. The van der Waals surface area contributed by atoms with Crippen LogP contribution in [0.5, 0.6) is 0 Å². The van der Waals surface area contributed by atoms with Crippen molar-refractivity contribution in [3.8, 4) is 0 Å². The predicted octanol–water partition coefficient (Wildman–Crippen LogP) is 1.74. The summed E-state index contributed by atoms with van der Waals surface area (Å²) in [5, 5.41) is 8.40. The van der Waals surface area contributed by atoms with Crippen LogP contribution in [-0.4, -0.2) is 48.9 Å². The number of carboxylic acid groups (broad SMARTS) is 1. The zero-order chi connectivity index (χ0) is 14.6. The van der Waals surface area contributed by atoms with E-state index in [2.05, 4.69) is 0 Å². The van der Waals surface area contributed by atoms with Gasteiger partial charge in [0.25, 0.3) is 10.0 Å². The molecule has 1 atom stereocenters. The first-order valence-electron chi connectivity index (χ1n) is 5.64. The lowest BCUT2D eigenvalue weighted by atomic mass is 10.3. The maximum atomic E-state index is 12.3. The zero-order valence-electron chi connectivity index (χ0n) is 11.0. The Labute approximate surface area is 116 Å². The van der Waals surface area contributed by atoms with Gasteiger partial charge < -0.3 is 9.52 Å². The van der Waals surface area contributed by atoms with Crippen LogP contribution in [0, 0.1) is 0 Å². The van der Waals surface area contributed by atoms with Crippen molar-refractivity contribution in [3.63, 3.8) is 0 Å². The number of hydrogen-bond donors (Lipinski definition) is 1. The highest BCUT2D eigenvalue weighted by Crippen LogP contribution is 2.21. The molecule has 0 amide bonds. The Morgan fingerprint density at radius 3 is 2.58 bits per heavy atom. The fourth-order valence-corrected chi connectivity index (χ4v) is 3.86. The molecule has 0 aliphatic carbocycles. The van der Waals surface area contributed by atoms with Gasteiger partial charge in [0.1, 0.15) is 0 Å². The molecule has 108 valence electrons. The topological polar surface area (TPSA) is 87.8 Å². The third-order valence-electron chi connectivity index (χ3n) is 2.77. The van der Waals surface area contributed by atoms with Crippen LogP contribution in [0.3, 0.4) is 0 Å². The number of furan rings is 1. The average Bonchev–Trinajstić information content (AvgIpc) is 2.85. The van der Waals surface area contributed by atoms with E-state index in [9.17, 15) is 13.2 Å². The minimum absolute atomic E-state index is 0.154. The molecule has 0 aromatic carbocycles. The van der Waals surface area contributed by atoms with Crippen LogP contribution in [0.2, 0.25) is 0 Å². The summed E-state index contributed by atoms with van der Waals surface area (Å²) in [5.41, 5.74) is 0. The van der Waals surface area contributed by atoms with E-state index in [0.29, 0.717) is 12.2 Å². The van der Waals surface area contributed by atoms with Crippen LogP contribution in [0.4, 0.5) is 0 Å². The monoisotopic (exact) mass is 307 g/mol. The van der Waals surface area contributed by atoms with E-state index in [1.807, 2.05) is 13.2 Å². The molecule has 0 fully saturated rings. The van der Waals surface area contributed by atoms with E-state index >= 15 is 0 Å². The Morgan fingerprint density at radius 2 is 2.16 bits per heavy atom. The number of thioether (sulfide) groups is 1. The minimum Gasteiger partial charge on any atom is -0.475 e. The molecule has 1 N–H and O–H groups in total. The van der Waals surface area contributed by atoms with Gasteiger partial charge in [0.05, 0.1) is 0 Å². The van der Waals surface area contributed by atoms with Gasteiger partial charge in [-0.1, -0.05) is 6.92 Å². The normalized spacial score (nSPS) is 13.7. The molecular formula is C11H17NO5S2. The van der Waals surface area contributed by atoms with Crippen LogP contribution < -0.4 is 0 Å². The van der Waals surface area contributed by atoms with Crippen molar-refractivity contribution >= 4 is 27.8 Å². The van der Waals surface area contributed by atoms with Gasteiger partial charge in [-0.05, 0) is 24.8 Å². The Balaban J connectivity index is 3.04. The molecule has 6 nitrogen and oxygen atoms in total. The van der Waals surface area contributed by atoms with E-state index < -0.39 is 16.0 Å². The number of aromatic carboxylic acids is 1. The van der Waals surface area contributed by atoms with E-state index in [1.165, 1.54) is 17.4 Å². The third kappa shape index (κ3) is 3.52. The third-order valence-corrected chi connectivity index (χ3v) is 5.27. The van der Waals surface area contributed by atoms with Gasteiger partial charge >= 0.3 is 5.97 Å². The van der Waals surface area contributed by atoms with Gasteiger partial charge in [-0.2, -0.15) is 16.1 Å². The fourth-order valence-electron chi connectivity index (χ4n) is 1.58. The van der Waals surface area contributed by atoms with Crippen LogP contribution in [-0.2, 0) is 10.0 Å². The number of carbonyl (C=O) groups is 1. The Hall–Kier alpha value is -0.990. The number of hydrogen-bond acceptors (Lipinski definition) is 5. The van der Waals surface area contributed by atoms with Crippen LogP contribution >= 0.6 is 11.8 Å². The number of carboxylic acids is 1. The van der Waals surface area contributed by atoms with Gasteiger partial charge in [-0.25, -0.2) is 13.2 Å². The van der Waals surface area contributed by atoms with Crippen molar-refractivity contribution in [3.05, 3.63) is 17.9 Å². The maximum Gasteiger partial charge on any atom is 0.371 e. The van der Waals surface area contributed by atoms with Gasteiger partial charge in [0, 0.05) is 18.8 Å². The Bertz CT molecular complexity index is 537. The van der Waals surface area contributed by atoms with E-state index in [4.69, 9.17) is 9.52 Å². The first-order valence-corrected chi connectivity index (χ1v) is 8.48. The fraction of sp³-hybridized carbons (Fsp3) is 0.545. The van der Waals surface area contributed by atoms with Crippen molar-refractivity contribution < 1.29 is 22.7 Å². The molecule has 1 aromatic rings. The first-order chi connectivity index (χ1) is 8.84. The smallest absolute Gasteiger partial charge is 0.371 e. The van der Waals surface area contributed by atoms with Gasteiger partial charge in [0.2, 0.25) is 10.9 Å². The number of rotatable bonds is 7. The quantitative estimate of drug-likeness (QED) is 0.825. The summed E-state index contributed by atoms with van der Waals surface area (Å²) in [5.74, 6) is -1.01. The lowest BCUT2D eigenvalue weighted by Crippen LogP contribution is -2.38. The SMILES string of the molecule is CCC(CSC)N(C)S(=O)(=O)c1ccc(C(=O)O)o1. The highest BCUT2D eigenvalue weighted by atomic mass is 32.2. The molecule has 1 unspecified atom stereocenters. The molecule has 19 heavy (non-hydrogen) atoms. The molecule has 1 heterocycles. The summed E-state index contributed by atoms with van der Waals surface area (Å²) >= 11 is 1.55. The average molecular weight is 307 g/mol. The second-order valence-electron chi connectivity index (χ2n) is 3.96. The minimum atomic E-state index is -3.80. The van der Waals surface area contributed by atoms with Gasteiger partial charge in [-0.15, -0.1) is 0 Å². The van der Waals surface area contributed by atoms with Crippen molar-refractivity contribution in [1.29, 1.82) is 0 Å². The summed E-state index contributed by atoms with van der Waals surface area (Å²) in [6.07, 6.45) is 2.57. The summed E-state index contributed by atoms with van der Waals surface area (Å²) in [7, 11) is -2.32. The Kier molecular flexibility index (Phi) is 5.45. The molecule has 0 saturated heterocycles. The number of nitrogens with zero attached hydrogens (tertiary/aromatic N) is 1. The summed E-state index contributed by atoms with van der Waals surface area (Å²) < 4.78 is 30.6. The van der Waals surface area contributed by atoms with E-state index in [1.54, 1.807) is 11.8 Å². The predicted molar refractivity (Wildman–Crippen MR) is 73.1 cm³/mol. The van der Waals surface area contributed by atoms with Crippen LogP contribution in [0.1, 0.15) is 23.9 Å². The lowest BCUT2D eigenvalue weighted by Gasteiger charge is -2.24. The second kappa shape index (κ2) is 6.44. The highest BCUT2D eigenvalue weighted by Gasteiger charge is 2.30. The molecule has 0 saturated carbocycles. The molecule has 1 aromatic heterocycles. The van der Waals surface area contributed by atoms with Crippen LogP contribution in [0.15, 0.2) is 21.6 Å². The second-order valence-corrected chi connectivity index (χ2v) is 6.80. The number of sulfonamides is 1. The van der Waals surface area contributed by atoms with Crippen molar-refractivity contribution in [1.82, 2.24) is 4.31 Å². The largest absolute Gasteiger partial charge is 0.475 e. The van der Waals surface area contributed by atoms with E-state index in [-0.39, 0.29) is 16.9 Å². The molecule has 1 rings (SSSR count). The standard InChI is InChI=1S/C11H17NO5S2/c1-4-8(7-18-3)12(2)19(15,16)10-6-5-9(17-10)11(13)14/h5-6,8H,4,7H2,1-3H3,(H,13,14). The Morgan fingerprint density at radius 1 is 1.53 bits per heavy atom. The van der Waals surface area contributed by atoms with Crippen molar-refractivity contribution in [2.75, 3.05) is 19.1 Å². The molecular weight excluding hydrogens is 290 g/mol. The van der Waals surface area contributed by atoms with Gasteiger partial charge in [0.15, 0.2) is 0 Å². The molecule has 0 bridgehead atoms. The summed E-state index contributed by atoms with van der Waals surface area (Å²) in [4.78, 5) is 10.7.